The number of hydrogen-bond donors (Lipinski definition) is 5. The van der Waals surface area contributed by atoms with Gasteiger partial charge in [0.2, 0.25) is 0 Å². The van der Waals surface area contributed by atoms with Crippen molar-refractivity contribution in [2.45, 2.75) is 63.9 Å². The lowest BCUT2D eigenvalue weighted by molar-refractivity contribution is 0.0162. The molecule has 6 N–H and O–H groups in total. The number of hydrogen-bond acceptors (Lipinski definition) is 5. The van der Waals surface area contributed by atoms with Crippen LogP contribution in [-0.4, -0.2) is 55.8 Å². The van der Waals surface area contributed by atoms with E-state index in [1.54, 1.807) is 12.1 Å². The van der Waals surface area contributed by atoms with Crippen LogP contribution in [0.2, 0.25) is 0 Å². The van der Waals surface area contributed by atoms with Crippen molar-refractivity contribution in [2.75, 3.05) is 6.61 Å². The monoisotopic (exact) mass is 498 g/mol. The van der Waals surface area contributed by atoms with Crippen LogP contribution in [0, 0.1) is 5.82 Å². The number of benzene rings is 2. The summed E-state index contributed by atoms with van der Waals surface area (Å²) < 4.78 is 15.7. The third kappa shape index (κ3) is 6.59. The summed E-state index contributed by atoms with van der Waals surface area (Å²) in [7, 11) is 0. The standard InChI is InChI=1S/C28H35FN2O5/c1-2-6-24-26(28(30)36)25(18-7-4-3-5-8-18)27(19-9-11-20(29)12-10-19)31(24)14-13-21(33)15-22(34)16-23(35)17-32/h3-5,7-12,21-23,32-35H,2,6,13-17H2,1H3,(H2,30,36)/t21-,22-,23+/m1/s1. The molecule has 194 valence electrons. The molecule has 1 heterocycles. The van der Waals surface area contributed by atoms with Gasteiger partial charge in [-0.1, -0.05) is 43.7 Å². The zero-order valence-electron chi connectivity index (χ0n) is 20.5. The highest BCUT2D eigenvalue weighted by Crippen LogP contribution is 2.40. The number of halogens is 1. The largest absolute Gasteiger partial charge is 0.394 e. The Labute approximate surface area is 210 Å². The second-order valence-corrected chi connectivity index (χ2v) is 9.09. The lowest BCUT2D eigenvalue weighted by Gasteiger charge is -2.20. The fourth-order valence-corrected chi connectivity index (χ4v) is 4.67. The normalized spacial score (nSPS) is 13.9. The first kappa shape index (κ1) is 27.5. The first-order valence-corrected chi connectivity index (χ1v) is 12.3. The molecule has 1 amide bonds. The van der Waals surface area contributed by atoms with Crippen molar-refractivity contribution in [2.24, 2.45) is 5.73 Å². The number of carbonyl (C=O) groups excluding carboxylic acids is 1. The predicted octanol–water partition coefficient (Wildman–Crippen LogP) is 3.26. The van der Waals surface area contributed by atoms with Crippen molar-refractivity contribution in [3.05, 3.63) is 71.7 Å². The molecule has 36 heavy (non-hydrogen) atoms. The highest BCUT2D eigenvalue weighted by molar-refractivity contribution is 6.05. The van der Waals surface area contributed by atoms with Gasteiger partial charge in [0, 0.05) is 24.2 Å². The number of nitrogens with zero attached hydrogens (tertiary/aromatic N) is 1. The van der Waals surface area contributed by atoms with E-state index in [9.17, 15) is 24.5 Å². The number of aliphatic hydroxyl groups excluding tert-OH is 4. The summed E-state index contributed by atoms with van der Waals surface area (Å²) in [6.45, 7) is 1.86. The predicted molar refractivity (Wildman–Crippen MR) is 137 cm³/mol. The summed E-state index contributed by atoms with van der Waals surface area (Å²) in [5, 5.41) is 39.3. The molecule has 0 aliphatic rings. The first-order valence-electron chi connectivity index (χ1n) is 12.3. The van der Waals surface area contributed by atoms with E-state index in [1.165, 1.54) is 12.1 Å². The van der Waals surface area contributed by atoms with Gasteiger partial charge in [-0.05, 0) is 54.7 Å². The second kappa shape index (κ2) is 12.8. The van der Waals surface area contributed by atoms with Crippen molar-refractivity contribution in [1.29, 1.82) is 0 Å². The van der Waals surface area contributed by atoms with Gasteiger partial charge in [-0.25, -0.2) is 4.39 Å². The topological polar surface area (TPSA) is 129 Å². The molecule has 0 aliphatic carbocycles. The van der Waals surface area contributed by atoms with E-state index in [0.717, 1.165) is 17.7 Å². The molecule has 0 unspecified atom stereocenters. The number of aromatic nitrogens is 1. The Balaban J connectivity index is 2.09. The van der Waals surface area contributed by atoms with E-state index in [0.29, 0.717) is 35.3 Å². The molecule has 7 nitrogen and oxygen atoms in total. The highest BCUT2D eigenvalue weighted by atomic mass is 19.1. The minimum Gasteiger partial charge on any atom is -0.394 e. The Morgan fingerprint density at radius 3 is 2.17 bits per heavy atom. The molecule has 1 aromatic heterocycles. The molecule has 8 heteroatoms. The number of rotatable bonds is 13. The van der Waals surface area contributed by atoms with Crippen molar-refractivity contribution in [3.8, 4) is 22.4 Å². The fourth-order valence-electron chi connectivity index (χ4n) is 4.67. The number of aliphatic hydroxyl groups is 4. The minimum atomic E-state index is -1.05. The molecule has 3 aromatic rings. The molecule has 2 aromatic carbocycles. The van der Waals surface area contributed by atoms with Crippen LogP contribution in [-0.2, 0) is 13.0 Å². The van der Waals surface area contributed by atoms with Crippen LogP contribution in [0.15, 0.2) is 54.6 Å². The van der Waals surface area contributed by atoms with Gasteiger partial charge in [-0.3, -0.25) is 4.79 Å². The third-order valence-corrected chi connectivity index (χ3v) is 6.27. The molecule has 3 atom stereocenters. The Morgan fingerprint density at radius 2 is 1.58 bits per heavy atom. The van der Waals surface area contributed by atoms with Crippen LogP contribution < -0.4 is 5.73 Å². The van der Waals surface area contributed by atoms with Gasteiger partial charge in [0.25, 0.3) is 5.91 Å². The van der Waals surface area contributed by atoms with Crippen molar-refractivity contribution >= 4 is 5.91 Å². The number of carbonyl (C=O) groups is 1. The van der Waals surface area contributed by atoms with Crippen LogP contribution in [0.1, 0.15) is 48.7 Å². The molecule has 0 fully saturated rings. The summed E-state index contributed by atoms with van der Waals surface area (Å²) in [5.41, 5.74) is 9.94. The van der Waals surface area contributed by atoms with E-state index in [1.807, 2.05) is 41.8 Å². The maximum atomic E-state index is 13.8. The molecule has 0 radical (unpaired) electrons. The van der Waals surface area contributed by atoms with Gasteiger partial charge < -0.3 is 30.7 Å². The van der Waals surface area contributed by atoms with Gasteiger partial charge in [0.15, 0.2) is 0 Å². The smallest absolute Gasteiger partial charge is 0.251 e. The van der Waals surface area contributed by atoms with Crippen LogP contribution >= 0.6 is 0 Å². The van der Waals surface area contributed by atoms with Crippen LogP contribution in [0.5, 0.6) is 0 Å². The number of primary amides is 1. The van der Waals surface area contributed by atoms with Crippen LogP contribution in [0.4, 0.5) is 4.39 Å². The van der Waals surface area contributed by atoms with Crippen LogP contribution in [0.25, 0.3) is 22.4 Å². The average molecular weight is 499 g/mol. The van der Waals surface area contributed by atoms with E-state index < -0.39 is 30.8 Å². The SMILES string of the molecule is CCCc1c(C(N)=O)c(-c2ccccc2)c(-c2ccc(F)cc2)n1CC[C@@H](O)C[C@@H](O)C[C@H](O)CO. The zero-order valence-corrected chi connectivity index (χ0v) is 20.5. The molecule has 0 saturated heterocycles. The Morgan fingerprint density at radius 1 is 0.944 bits per heavy atom. The van der Waals surface area contributed by atoms with Crippen LogP contribution in [0.3, 0.4) is 0 Å². The molecular weight excluding hydrogens is 463 g/mol. The fraction of sp³-hybridized carbons (Fsp3) is 0.393. The van der Waals surface area contributed by atoms with Gasteiger partial charge in [-0.2, -0.15) is 0 Å². The van der Waals surface area contributed by atoms with E-state index in [-0.39, 0.29) is 25.1 Å². The molecule has 0 bridgehead atoms. The molecule has 3 rings (SSSR count). The van der Waals surface area contributed by atoms with Crippen molar-refractivity contribution < 1.29 is 29.6 Å². The van der Waals surface area contributed by atoms with E-state index in [2.05, 4.69) is 0 Å². The molecule has 0 aliphatic heterocycles. The summed E-state index contributed by atoms with van der Waals surface area (Å²) in [5.74, 6) is -0.940. The van der Waals surface area contributed by atoms with Gasteiger partial charge in [0.05, 0.1) is 36.2 Å². The Hall–Kier alpha value is -3.04. The molecule has 0 spiro atoms. The van der Waals surface area contributed by atoms with Crippen molar-refractivity contribution in [3.63, 3.8) is 0 Å². The second-order valence-electron chi connectivity index (χ2n) is 9.09. The van der Waals surface area contributed by atoms with E-state index >= 15 is 0 Å². The number of nitrogens with two attached hydrogens (primary N) is 1. The highest BCUT2D eigenvalue weighted by Gasteiger charge is 2.28. The summed E-state index contributed by atoms with van der Waals surface area (Å²) in [4.78, 5) is 12.8. The lowest BCUT2D eigenvalue weighted by Crippen LogP contribution is -2.25. The Bertz CT molecular complexity index is 1130. The summed E-state index contributed by atoms with van der Waals surface area (Å²) in [6.07, 6.45) is -1.34. The summed E-state index contributed by atoms with van der Waals surface area (Å²) in [6, 6.07) is 15.5. The maximum Gasteiger partial charge on any atom is 0.251 e. The average Bonchev–Trinajstić information content (AvgIpc) is 3.18. The van der Waals surface area contributed by atoms with Gasteiger partial charge >= 0.3 is 0 Å². The Kier molecular flexibility index (Phi) is 9.78. The molecule has 0 saturated carbocycles. The van der Waals surface area contributed by atoms with Gasteiger partial charge in [-0.15, -0.1) is 0 Å². The lowest BCUT2D eigenvalue weighted by atomic mass is 9.96. The summed E-state index contributed by atoms with van der Waals surface area (Å²) >= 11 is 0. The van der Waals surface area contributed by atoms with Gasteiger partial charge in [0.1, 0.15) is 5.82 Å². The quantitative estimate of drug-likeness (QED) is 0.247. The first-order chi connectivity index (χ1) is 17.3. The maximum absolute atomic E-state index is 13.8. The third-order valence-electron chi connectivity index (χ3n) is 6.27. The zero-order chi connectivity index (χ0) is 26.2. The number of amides is 1. The van der Waals surface area contributed by atoms with Crippen molar-refractivity contribution in [1.82, 2.24) is 4.57 Å². The molecular formula is C28H35FN2O5. The van der Waals surface area contributed by atoms with E-state index in [4.69, 9.17) is 10.8 Å². The minimum absolute atomic E-state index is 0.0293.